The lowest BCUT2D eigenvalue weighted by Gasteiger charge is -2.26. The van der Waals surface area contributed by atoms with Crippen LogP contribution in [0, 0.1) is 0 Å². The summed E-state index contributed by atoms with van der Waals surface area (Å²) in [6.45, 7) is -0.471. The summed E-state index contributed by atoms with van der Waals surface area (Å²) >= 11 is 0. The van der Waals surface area contributed by atoms with E-state index in [-0.39, 0.29) is 5.84 Å². The first-order valence-corrected chi connectivity index (χ1v) is 5.58. The molecule has 0 aliphatic carbocycles. The number of hydrogen-bond acceptors (Lipinski definition) is 8. The number of hydrogen-bond donors (Lipinski definition) is 3. The van der Waals surface area contributed by atoms with Gasteiger partial charge in [0, 0.05) is 0 Å². The number of carbonyl (C=O) groups is 1. The van der Waals surface area contributed by atoms with Crippen molar-refractivity contribution in [3.8, 4) is 0 Å². The molecule has 0 aromatic carbocycles. The Morgan fingerprint density at radius 3 is 3.16 bits per heavy atom. The summed E-state index contributed by atoms with van der Waals surface area (Å²) < 4.78 is 20.5. The molecule has 0 radical (unpaired) electrons. The molecule has 1 fully saturated rings. The minimum Gasteiger partial charge on any atom is -0.394 e. The molecule has 3 rings (SSSR count). The van der Waals surface area contributed by atoms with E-state index in [1.165, 1.54) is 4.90 Å². The molecule has 0 aromatic rings. The molecule has 0 bridgehead atoms. The van der Waals surface area contributed by atoms with Gasteiger partial charge in [-0.25, -0.2) is 4.99 Å². The van der Waals surface area contributed by atoms with Crippen molar-refractivity contribution in [2.75, 3.05) is 6.61 Å². The molecule has 9 heteroatoms. The first-order valence-electron chi connectivity index (χ1n) is 6.49. The third-order valence-corrected chi connectivity index (χ3v) is 3.09. The van der Waals surface area contributed by atoms with Gasteiger partial charge in [0.25, 0.3) is 5.91 Å². The number of nitrogens with zero attached hydrogens (tertiary/aromatic N) is 4. The molecule has 1 unspecified atom stereocenters. The minimum absolute atomic E-state index is 0.0552. The molecule has 1 amide bonds. The Morgan fingerprint density at radius 1 is 1.58 bits per heavy atom. The van der Waals surface area contributed by atoms with Crippen LogP contribution in [-0.4, -0.2) is 83.2 Å². The van der Waals surface area contributed by atoms with Gasteiger partial charge in [0.15, 0.2) is 12.2 Å². The van der Waals surface area contributed by atoms with Crippen LogP contribution in [0.5, 0.6) is 0 Å². The van der Waals surface area contributed by atoms with E-state index in [4.69, 9.17) is 12.6 Å². The van der Waals surface area contributed by atoms with E-state index in [1.54, 1.807) is 0 Å². The molecule has 1 saturated heterocycles. The second-order valence-electron chi connectivity index (χ2n) is 4.21. The van der Waals surface area contributed by atoms with Crippen LogP contribution in [0.15, 0.2) is 15.0 Å². The van der Waals surface area contributed by atoms with Gasteiger partial charge in [0.1, 0.15) is 30.5 Å². The molecule has 19 heavy (non-hydrogen) atoms. The van der Waals surface area contributed by atoms with Crippen LogP contribution in [0.1, 0.15) is 1.37 Å². The van der Waals surface area contributed by atoms with Crippen LogP contribution in [0.25, 0.3) is 0 Å². The van der Waals surface area contributed by atoms with Gasteiger partial charge in [-0.2, -0.15) is 4.99 Å². The van der Waals surface area contributed by atoms with Gasteiger partial charge in [-0.3, -0.25) is 14.7 Å². The van der Waals surface area contributed by atoms with E-state index in [0.717, 1.165) is 12.7 Å². The van der Waals surface area contributed by atoms with Crippen molar-refractivity contribution in [1.82, 2.24) is 4.90 Å². The average Bonchev–Trinajstić information content (AvgIpc) is 2.98. The summed E-state index contributed by atoms with van der Waals surface area (Å²) in [5.41, 5.74) is 0. The highest BCUT2D eigenvalue weighted by Gasteiger charge is 2.48. The van der Waals surface area contributed by atoms with Crippen molar-refractivity contribution in [1.29, 1.82) is 1.43 Å². The van der Waals surface area contributed by atoms with Gasteiger partial charge in [-0.1, -0.05) is 0 Å². The average molecular weight is 270 g/mol. The highest BCUT2D eigenvalue weighted by Crippen LogP contribution is 2.26. The fraction of sp³-hybridized carbons (Fsp3) is 0.600. The normalized spacial score (nSPS) is 46.1. The van der Waals surface area contributed by atoms with E-state index >= 15 is 0 Å². The third-order valence-electron chi connectivity index (χ3n) is 3.09. The van der Waals surface area contributed by atoms with E-state index in [2.05, 4.69) is 20.1 Å². The van der Waals surface area contributed by atoms with Crippen LogP contribution in [0.4, 0.5) is 0 Å². The first-order chi connectivity index (χ1) is 10.0. The van der Waals surface area contributed by atoms with Crippen LogP contribution in [0.3, 0.4) is 0 Å². The van der Waals surface area contributed by atoms with Gasteiger partial charge >= 0.3 is 0 Å². The third kappa shape index (κ3) is 1.78. The summed E-state index contributed by atoms with van der Waals surface area (Å²) in [4.78, 5) is 24.0. The smallest absolute Gasteiger partial charge is 0.279 e. The largest absolute Gasteiger partial charge is 0.394 e. The van der Waals surface area contributed by atoms with Gasteiger partial charge < -0.3 is 20.1 Å². The molecule has 3 aliphatic rings. The molecule has 0 aromatic heterocycles. The lowest BCUT2D eigenvalue weighted by atomic mass is 10.1. The number of carbonyl (C=O) groups excluding carboxylic acids is 1. The zero-order valence-corrected chi connectivity index (χ0v) is 9.58. The highest BCUT2D eigenvalue weighted by atomic mass is 16.6. The number of aliphatic hydroxyl groups excluding tert-OH is 3. The number of amides is 1. The van der Waals surface area contributed by atoms with E-state index in [1.807, 2.05) is 0 Å². The Kier molecular flexibility index (Phi) is 2.38. The highest BCUT2D eigenvalue weighted by molar-refractivity contribution is 6.19. The van der Waals surface area contributed by atoms with Crippen LogP contribution in [-0.2, 0) is 9.53 Å². The van der Waals surface area contributed by atoms with Gasteiger partial charge in [-0.05, 0) is 0 Å². The number of amidine groups is 1. The SMILES string of the molecule is [2H]O[C@@H]1[C@H](O)[C@@H](CO)O[C@H]1N1C=NC2([2H])C(=O)N=CN=C12. The Bertz CT molecular complexity index is 556. The van der Waals surface area contributed by atoms with Gasteiger partial charge in [0.2, 0.25) is 1.43 Å². The molecule has 3 heterocycles. The zero-order valence-electron chi connectivity index (χ0n) is 11.6. The number of fused-ring (bicyclic) bond motifs is 1. The summed E-state index contributed by atoms with van der Waals surface area (Å²) in [5.74, 6) is -0.854. The maximum Gasteiger partial charge on any atom is 0.279 e. The van der Waals surface area contributed by atoms with Crippen LogP contribution < -0.4 is 0 Å². The quantitative estimate of drug-likeness (QED) is 0.505. The topological polar surface area (TPSA) is 127 Å². The molecular weight excluding hydrogens is 256 g/mol. The standard InChI is InChI=1S/C10H12N4O5/c15-1-4-6(16)7(17)10(19-4)14-3-13-5-8(14)11-2-12-9(5)18/h2-7,10,15-17H,1H2/t4-,5?,6-,7-,10-/m1/s1/i5D,17D. The maximum absolute atomic E-state index is 11.7. The number of aliphatic imine (C=N–C) groups is 3. The maximum atomic E-state index is 11.7. The Hall–Kier alpha value is -1.68. The monoisotopic (exact) mass is 270 g/mol. The predicted octanol–water partition coefficient (Wildman–Crippen LogP) is -2.90. The van der Waals surface area contributed by atoms with Gasteiger partial charge in [-0.15, -0.1) is 0 Å². The number of ether oxygens (including phenoxy) is 1. The molecule has 0 spiro atoms. The summed E-state index contributed by atoms with van der Waals surface area (Å²) in [6.07, 6.45) is -2.19. The molecule has 0 saturated carbocycles. The lowest BCUT2D eigenvalue weighted by molar-refractivity contribution is -0.117. The van der Waals surface area contributed by atoms with Crippen LogP contribution >= 0.6 is 0 Å². The van der Waals surface area contributed by atoms with Gasteiger partial charge in [0.05, 0.1) is 14.3 Å². The first kappa shape index (κ1) is 10.1. The van der Waals surface area contributed by atoms with Crippen molar-refractivity contribution in [2.45, 2.75) is 30.6 Å². The molecular formula is C10H12N4O5. The molecule has 9 nitrogen and oxygen atoms in total. The van der Waals surface area contributed by atoms with Crippen molar-refractivity contribution < 1.29 is 26.2 Å². The number of rotatable bonds is 3. The summed E-state index contributed by atoms with van der Waals surface area (Å²) in [5, 5.41) is 23.5. The Balaban J connectivity index is 1.92. The van der Waals surface area contributed by atoms with E-state index in [0.29, 0.717) is 0 Å². The van der Waals surface area contributed by atoms with Crippen molar-refractivity contribution >= 4 is 24.4 Å². The summed E-state index contributed by atoms with van der Waals surface area (Å²) in [6, 6.07) is -1.99. The fourth-order valence-corrected chi connectivity index (χ4v) is 2.11. The second-order valence-corrected chi connectivity index (χ2v) is 4.21. The van der Waals surface area contributed by atoms with Crippen molar-refractivity contribution in [2.24, 2.45) is 15.0 Å². The van der Waals surface area contributed by atoms with E-state index in [9.17, 15) is 9.90 Å². The van der Waals surface area contributed by atoms with Crippen molar-refractivity contribution in [3.63, 3.8) is 0 Å². The van der Waals surface area contributed by atoms with Crippen LogP contribution in [0.2, 0.25) is 0 Å². The van der Waals surface area contributed by atoms with E-state index < -0.39 is 43.1 Å². The Labute approximate surface area is 110 Å². The molecule has 5 atom stereocenters. The minimum atomic E-state index is -1.99. The Morgan fingerprint density at radius 2 is 2.42 bits per heavy atom. The lowest BCUT2D eigenvalue weighted by Crippen LogP contribution is -2.48. The molecule has 3 aliphatic heterocycles. The van der Waals surface area contributed by atoms with Crippen molar-refractivity contribution in [3.05, 3.63) is 0 Å². The second kappa shape index (κ2) is 4.46. The zero-order chi connectivity index (χ0) is 15.2. The molecule has 3 N–H and O–H groups in total. The fourth-order valence-electron chi connectivity index (χ4n) is 2.11. The molecule has 102 valence electrons. The summed E-state index contributed by atoms with van der Waals surface area (Å²) in [7, 11) is 0. The number of aliphatic hydroxyl groups is 3. The predicted molar refractivity (Wildman–Crippen MR) is 62.8 cm³/mol.